The number of hydrogen-bond acceptors (Lipinski definition) is 5. The monoisotopic (exact) mass is 462 g/mol. The van der Waals surface area contributed by atoms with Crippen molar-refractivity contribution in [3.63, 3.8) is 0 Å². The number of benzene rings is 2. The molecule has 7 heteroatoms. The van der Waals surface area contributed by atoms with Crippen LogP contribution in [0.1, 0.15) is 75.3 Å². The third-order valence-electron chi connectivity index (χ3n) is 6.45. The number of methoxy groups -OCH3 is 1. The van der Waals surface area contributed by atoms with Crippen LogP contribution in [0.5, 0.6) is 5.75 Å². The van der Waals surface area contributed by atoms with Crippen molar-refractivity contribution < 1.29 is 14.1 Å². The highest BCUT2D eigenvalue weighted by molar-refractivity contribution is 5.91. The molecule has 34 heavy (non-hydrogen) atoms. The zero-order chi connectivity index (χ0) is 24.2. The van der Waals surface area contributed by atoms with Crippen molar-refractivity contribution in [1.29, 1.82) is 0 Å². The summed E-state index contributed by atoms with van der Waals surface area (Å²) in [6.07, 6.45) is 1.80. The maximum Gasteiger partial charge on any atom is 0.321 e. The van der Waals surface area contributed by atoms with E-state index in [4.69, 9.17) is 9.26 Å². The van der Waals surface area contributed by atoms with Gasteiger partial charge in [-0.3, -0.25) is 0 Å². The van der Waals surface area contributed by atoms with Crippen LogP contribution < -0.4 is 10.1 Å². The van der Waals surface area contributed by atoms with Crippen LogP contribution in [0.4, 0.5) is 10.5 Å². The molecule has 1 N–H and O–H groups in total. The Hall–Kier alpha value is -3.35. The minimum atomic E-state index is -0.0745. The smallest absolute Gasteiger partial charge is 0.321 e. The van der Waals surface area contributed by atoms with Gasteiger partial charge in [0.2, 0.25) is 11.7 Å². The van der Waals surface area contributed by atoms with Crippen LogP contribution in [0.2, 0.25) is 0 Å². The van der Waals surface area contributed by atoms with Crippen LogP contribution in [0, 0.1) is 0 Å². The summed E-state index contributed by atoms with van der Waals surface area (Å²) in [6, 6.07) is 13.8. The molecule has 1 atom stereocenters. The van der Waals surface area contributed by atoms with Gasteiger partial charge in [0.15, 0.2) is 0 Å². The molecule has 180 valence electrons. The highest BCUT2D eigenvalue weighted by atomic mass is 16.5. The molecule has 0 radical (unpaired) electrons. The number of para-hydroxylation sites is 1. The Morgan fingerprint density at radius 2 is 1.76 bits per heavy atom. The second-order valence-electron chi connectivity index (χ2n) is 9.52. The molecule has 1 aliphatic rings. The topological polar surface area (TPSA) is 80.5 Å². The van der Waals surface area contributed by atoms with E-state index in [1.807, 2.05) is 29.2 Å². The standard InChI is InChI=1S/C27H34N4O3/c1-17(2)22-9-6-10-23(18(3)4)24(22)28-27(32)31-15-7-8-20(16-31)26-29-25(30-34-26)19-11-13-21(33-5)14-12-19/h6,9-14,17-18,20H,7-8,15-16H2,1-5H3,(H,28,32). The number of anilines is 1. The first kappa shape index (κ1) is 23.8. The van der Waals surface area contributed by atoms with Crippen LogP contribution >= 0.6 is 0 Å². The summed E-state index contributed by atoms with van der Waals surface area (Å²) >= 11 is 0. The third-order valence-corrected chi connectivity index (χ3v) is 6.45. The first-order valence-electron chi connectivity index (χ1n) is 12.0. The number of carbonyl (C=O) groups excluding carboxylic acids is 1. The van der Waals surface area contributed by atoms with E-state index in [1.165, 1.54) is 0 Å². The van der Waals surface area contributed by atoms with Gasteiger partial charge in [-0.05, 0) is 60.1 Å². The molecule has 0 bridgehead atoms. The summed E-state index contributed by atoms with van der Waals surface area (Å²) in [5.41, 5.74) is 4.13. The number of hydrogen-bond donors (Lipinski definition) is 1. The molecule has 7 nitrogen and oxygen atoms in total. The van der Waals surface area contributed by atoms with E-state index in [0.29, 0.717) is 36.6 Å². The molecular weight excluding hydrogens is 428 g/mol. The van der Waals surface area contributed by atoms with Crippen molar-refractivity contribution in [2.75, 3.05) is 25.5 Å². The summed E-state index contributed by atoms with van der Waals surface area (Å²) in [5.74, 6) is 2.56. The fourth-order valence-electron chi connectivity index (χ4n) is 4.50. The van der Waals surface area contributed by atoms with Crippen molar-refractivity contribution in [2.45, 2.75) is 58.3 Å². The molecule has 1 aromatic heterocycles. The third kappa shape index (κ3) is 5.08. The minimum Gasteiger partial charge on any atom is -0.497 e. The maximum atomic E-state index is 13.3. The molecule has 0 spiro atoms. The van der Waals surface area contributed by atoms with Crippen LogP contribution in [0.3, 0.4) is 0 Å². The van der Waals surface area contributed by atoms with Gasteiger partial charge < -0.3 is 19.5 Å². The number of urea groups is 1. The number of nitrogens with one attached hydrogen (secondary N) is 1. The number of carbonyl (C=O) groups is 1. The summed E-state index contributed by atoms with van der Waals surface area (Å²) in [7, 11) is 1.64. The molecule has 0 saturated carbocycles. The number of aromatic nitrogens is 2. The van der Waals surface area contributed by atoms with Crippen molar-refractivity contribution in [3.05, 3.63) is 59.5 Å². The van der Waals surface area contributed by atoms with Crippen LogP contribution in [0.15, 0.2) is 47.0 Å². The van der Waals surface area contributed by atoms with Crippen LogP contribution in [-0.4, -0.2) is 41.3 Å². The van der Waals surface area contributed by atoms with Crippen LogP contribution in [-0.2, 0) is 0 Å². The minimum absolute atomic E-state index is 0.0175. The van der Waals surface area contributed by atoms with Gasteiger partial charge >= 0.3 is 6.03 Å². The van der Waals surface area contributed by atoms with Crippen molar-refractivity contribution in [1.82, 2.24) is 15.0 Å². The number of ether oxygens (including phenoxy) is 1. The lowest BCUT2D eigenvalue weighted by Crippen LogP contribution is -2.42. The van der Waals surface area contributed by atoms with Gasteiger partial charge in [0.05, 0.1) is 13.0 Å². The summed E-state index contributed by atoms with van der Waals surface area (Å²) < 4.78 is 10.8. The normalized spacial score (nSPS) is 16.2. The summed E-state index contributed by atoms with van der Waals surface area (Å²) in [6.45, 7) is 9.88. The Morgan fingerprint density at radius 1 is 1.09 bits per heavy atom. The first-order chi connectivity index (χ1) is 16.4. The molecule has 1 saturated heterocycles. The lowest BCUT2D eigenvalue weighted by molar-refractivity contribution is 0.184. The number of rotatable bonds is 6. The molecule has 4 rings (SSSR count). The van der Waals surface area contributed by atoms with E-state index in [1.54, 1.807) is 7.11 Å². The van der Waals surface area contributed by atoms with Gasteiger partial charge in [0, 0.05) is 24.3 Å². The second kappa shape index (κ2) is 10.3. The Morgan fingerprint density at radius 3 is 2.38 bits per heavy atom. The number of likely N-dealkylation sites (tertiary alicyclic amines) is 1. The highest BCUT2D eigenvalue weighted by Crippen LogP contribution is 2.33. The predicted octanol–water partition coefficient (Wildman–Crippen LogP) is 6.40. The Labute approximate surface area is 201 Å². The molecule has 1 unspecified atom stereocenters. The number of nitrogens with zero attached hydrogens (tertiary/aromatic N) is 3. The average Bonchev–Trinajstić information content (AvgIpc) is 3.34. The molecule has 0 aliphatic carbocycles. The largest absolute Gasteiger partial charge is 0.497 e. The maximum absolute atomic E-state index is 13.3. The van der Waals surface area contributed by atoms with E-state index in [0.717, 1.165) is 41.0 Å². The lowest BCUT2D eigenvalue weighted by atomic mass is 9.92. The lowest BCUT2D eigenvalue weighted by Gasteiger charge is -2.32. The Bertz CT molecular complexity index is 1090. The van der Waals surface area contributed by atoms with Gasteiger partial charge in [0.25, 0.3) is 0 Å². The van der Waals surface area contributed by atoms with E-state index in [2.05, 4.69) is 61.4 Å². The summed E-state index contributed by atoms with van der Waals surface area (Å²) in [4.78, 5) is 19.8. The van der Waals surface area contributed by atoms with Crippen LogP contribution in [0.25, 0.3) is 11.4 Å². The second-order valence-corrected chi connectivity index (χ2v) is 9.52. The molecule has 2 amide bonds. The zero-order valence-electron chi connectivity index (χ0n) is 20.7. The van der Waals surface area contributed by atoms with Gasteiger partial charge in [-0.1, -0.05) is 51.1 Å². The summed E-state index contributed by atoms with van der Waals surface area (Å²) in [5, 5.41) is 7.40. The molecule has 3 aromatic rings. The van der Waals surface area contributed by atoms with Gasteiger partial charge in [0.1, 0.15) is 5.75 Å². The van der Waals surface area contributed by atoms with E-state index in [9.17, 15) is 4.79 Å². The van der Waals surface area contributed by atoms with Gasteiger partial charge in [-0.15, -0.1) is 0 Å². The predicted molar refractivity (Wildman–Crippen MR) is 133 cm³/mol. The molecule has 2 heterocycles. The average molecular weight is 463 g/mol. The van der Waals surface area contributed by atoms with Gasteiger partial charge in [-0.25, -0.2) is 4.79 Å². The SMILES string of the molecule is COc1ccc(-c2noc(C3CCCN(C(=O)Nc4c(C(C)C)cccc4C(C)C)C3)n2)cc1. The Kier molecular flexibility index (Phi) is 7.20. The quantitative estimate of drug-likeness (QED) is 0.458. The van der Waals surface area contributed by atoms with E-state index >= 15 is 0 Å². The van der Waals surface area contributed by atoms with E-state index in [-0.39, 0.29) is 11.9 Å². The number of piperidine rings is 1. The fourth-order valence-corrected chi connectivity index (χ4v) is 4.50. The zero-order valence-corrected chi connectivity index (χ0v) is 20.7. The van der Waals surface area contributed by atoms with Gasteiger partial charge in [-0.2, -0.15) is 4.98 Å². The molecular formula is C27H34N4O3. The van der Waals surface area contributed by atoms with Crippen molar-refractivity contribution in [2.24, 2.45) is 0 Å². The molecule has 1 fully saturated rings. The molecule has 2 aromatic carbocycles. The number of amides is 2. The fraction of sp³-hybridized carbons (Fsp3) is 0.444. The molecule has 1 aliphatic heterocycles. The van der Waals surface area contributed by atoms with Crippen molar-refractivity contribution >= 4 is 11.7 Å². The highest BCUT2D eigenvalue weighted by Gasteiger charge is 2.29. The first-order valence-corrected chi connectivity index (χ1v) is 12.0. The van der Waals surface area contributed by atoms with Crippen molar-refractivity contribution in [3.8, 4) is 17.1 Å². The van der Waals surface area contributed by atoms with E-state index < -0.39 is 0 Å². The Balaban J connectivity index is 1.49.